The molecule has 118 valence electrons. The predicted molar refractivity (Wildman–Crippen MR) is 81.3 cm³/mol. The van der Waals surface area contributed by atoms with Crippen LogP contribution in [0.4, 0.5) is 0 Å². The van der Waals surface area contributed by atoms with E-state index in [1.807, 2.05) is 20.0 Å². The van der Waals surface area contributed by atoms with Crippen LogP contribution in [0, 0.1) is 19.8 Å². The lowest BCUT2D eigenvalue weighted by Gasteiger charge is -2.24. The van der Waals surface area contributed by atoms with Crippen LogP contribution < -0.4 is 0 Å². The molecule has 6 nitrogen and oxygen atoms in total. The van der Waals surface area contributed by atoms with Gasteiger partial charge in [-0.15, -0.1) is 0 Å². The fraction of sp³-hybridized carbons (Fsp3) is 0.688. The van der Waals surface area contributed by atoms with Crippen LogP contribution in [0.15, 0.2) is 10.7 Å². The first-order valence-corrected chi connectivity index (χ1v) is 8.09. The number of nitrogens with zero attached hydrogens (tertiary/aromatic N) is 5. The Balaban J connectivity index is 1.58. The highest BCUT2D eigenvalue weighted by atomic mass is 16.5. The standard InChI is InChI=1S/C16H23N5O/c1-11-18-15(22-19-11)16-6-4-5-13(16)8-21(10-16)9-14-7-17-12(2)20(14)3/h7,13H,4-6,8-10H2,1-3H3/t13-,16-/m0/s1. The first kappa shape index (κ1) is 13.9. The van der Waals surface area contributed by atoms with E-state index in [0.717, 1.165) is 37.2 Å². The first-order valence-electron chi connectivity index (χ1n) is 8.09. The molecule has 1 aliphatic carbocycles. The quantitative estimate of drug-likeness (QED) is 0.867. The summed E-state index contributed by atoms with van der Waals surface area (Å²) in [6.07, 6.45) is 5.69. The van der Waals surface area contributed by atoms with E-state index < -0.39 is 0 Å². The van der Waals surface area contributed by atoms with Gasteiger partial charge in [-0.05, 0) is 32.6 Å². The molecule has 6 heteroatoms. The minimum absolute atomic E-state index is 0.0783. The summed E-state index contributed by atoms with van der Waals surface area (Å²) in [6, 6.07) is 0. The summed E-state index contributed by atoms with van der Waals surface area (Å²) in [5, 5.41) is 4.02. The zero-order valence-corrected chi connectivity index (χ0v) is 13.5. The van der Waals surface area contributed by atoms with Crippen LogP contribution in [0.25, 0.3) is 0 Å². The normalized spacial score (nSPS) is 28.4. The predicted octanol–water partition coefficient (Wildman–Crippen LogP) is 1.97. The number of hydrogen-bond donors (Lipinski definition) is 0. The summed E-state index contributed by atoms with van der Waals surface area (Å²) in [5.74, 6) is 3.31. The van der Waals surface area contributed by atoms with Crippen molar-refractivity contribution < 1.29 is 4.52 Å². The third-order valence-electron chi connectivity index (χ3n) is 5.60. The molecule has 1 aliphatic heterocycles. The van der Waals surface area contributed by atoms with E-state index in [9.17, 15) is 0 Å². The van der Waals surface area contributed by atoms with Crippen molar-refractivity contribution in [3.8, 4) is 0 Å². The topological polar surface area (TPSA) is 60.0 Å². The van der Waals surface area contributed by atoms with Gasteiger partial charge in [0.1, 0.15) is 5.82 Å². The van der Waals surface area contributed by atoms with Gasteiger partial charge in [-0.2, -0.15) is 4.98 Å². The average molecular weight is 301 g/mol. The van der Waals surface area contributed by atoms with E-state index in [-0.39, 0.29) is 5.41 Å². The van der Waals surface area contributed by atoms with E-state index in [1.165, 1.54) is 25.0 Å². The van der Waals surface area contributed by atoms with Crippen molar-refractivity contribution >= 4 is 0 Å². The van der Waals surface area contributed by atoms with Crippen molar-refractivity contribution in [3.63, 3.8) is 0 Å². The fourth-order valence-corrected chi connectivity index (χ4v) is 4.29. The smallest absolute Gasteiger partial charge is 0.234 e. The Kier molecular flexibility index (Phi) is 3.11. The summed E-state index contributed by atoms with van der Waals surface area (Å²) >= 11 is 0. The summed E-state index contributed by atoms with van der Waals surface area (Å²) < 4.78 is 7.75. The third kappa shape index (κ3) is 2.00. The molecule has 2 aromatic heterocycles. The molecule has 22 heavy (non-hydrogen) atoms. The summed E-state index contributed by atoms with van der Waals surface area (Å²) in [5.41, 5.74) is 1.35. The van der Waals surface area contributed by atoms with Crippen LogP contribution in [0.1, 0.15) is 42.5 Å². The number of rotatable bonds is 3. The Hall–Kier alpha value is -1.69. The highest BCUT2D eigenvalue weighted by Crippen LogP contribution is 2.50. The Labute approximate surface area is 130 Å². The SMILES string of the molecule is Cc1noc([C@]23CCC[C@H]2CN(Cc2cnc(C)n2C)C3)n1. The number of likely N-dealkylation sites (tertiary alicyclic amines) is 1. The van der Waals surface area contributed by atoms with Gasteiger partial charge in [-0.3, -0.25) is 4.90 Å². The molecule has 0 radical (unpaired) electrons. The molecule has 0 bridgehead atoms. The summed E-state index contributed by atoms with van der Waals surface area (Å²) in [7, 11) is 2.09. The van der Waals surface area contributed by atoms with Crippen molar-refractivity contribution in [3.05, 3.63) is 29.4 Å². The lowest BCUT2D eigenvalue weighted by Crippen LogP contribution is -2.32. The fourth-order valence-electron chi connectivity index (χ4n) is 4.29. The molecule has 3 heterocycles. The molecule has 0 unspecified atom stereocenters. The van der Waals surface area contributed by atoms with Gasteiger partial charge in [0.2, 0.25) is 5.89 Å². The maximum Gasteiger partial charge on any atom is 0.234 e. The molecule has 1 saturated carbocycles. The van der Waals surface area contributed by atoms with Crippen molar-refractivity contribution in [2.24, 2.45) is 13.0 Å². The van der Waals surface area contributed by atoms with Crippen LogP contribution >= 0.6 is 0 Å². The number of hydrogen-bond acceptors (Lipinski definition) is 5. The van der Waals surface area contributed by atoms with Gasteiger partial charge in [0, 0.05) is 32.9 Å². The number of aromatic nitrogens is 4. The van der Waals surface area contributed by atoms with Crippen LogP contribution in [0.3, 0.4) is 0 Å². The van der Waals surface area contributed by atoms with Gasteiger partial charge in [-0.1, -0.05) is 11.6 Å². The Morgan fingerprint density at radius 2 is 2.27 bits per heavy atom. The molecule has 4 rings (SSSR count). The molecule has 2 aliphatic rings. The van der Waals surface area contributed by atoms with Crippen molar-refractivity contribution in [2.45, 2.75) is 45.1 Å². The Bertz CT molecular complexity index is 691. The molecule has 0 aromatic carbocycles. The van der Waals surface area contributed by atoms with Crippen molar-refractivity contribution in [1.29, 1.82) is 0 Å². The lowest BCUT2D eigenvalue weighted by molar-refractivity contribution is 0.243. The van der Waals surface area contributed by atoms with Crippen LogP contribution in [0.2, 0.25) is 0 Å². The second kappa shape index (κ2) is 4.91. The molecule has 2 fully saturated rings. The molecular weight excluding hydrogens is 278 g/mol. The highest BCUT2D eigenvalue weighted by molar-refractivity contribution is 5.18. The zero-order chi connectivity index (χ0) is 15.3. The van der Waals surface area contributed by atoms with Gasteiger partial charge >= 0.3 is 0 Å². The molecule has 2 aromatic rings. The van der Waals surface area contributed by atoms with Crippen LogP contribution in [-0.2, 0) is 19.0 Å². The van der Waals surface area contributed by atoms with Gasteiger partial charge < -0.3 is 9.09 Å². The Morgan fingerprint density at radius 1 is 1.41 bits per heavy atom. The average Bonchev–Trinajstić information content (AvgIpc) is 3.20. The van der Waals surface area contributed by atoms with E-state index in [4.69, 9.17) is 4.52 Å². The van der Waals surface area contributed by atoms with Gasteiger partial charge in [-0.25, -0.2) is 4.98 Å². The molecule has 0 amide bonds. The molecule has 2 atom stereocenters. The number of fused-ring (bicyclic) bond motifs is 1. The number of aryl methyl sites for hydroxylation is 2. The van der Waals surface area contributed by atoms with Gasteiger partial charge in [0.05, 0.1) is 11.1 Å². The second-order valence-corrected chi connectivity index (χ2v) is 6.92. The molecule has 0 N–H and O–H groups in total. The number of imidazole rings is 1. The molecule has 1 saturated heterocycles. The van der Waals surface area contributed by atoms with Crippen LogP contribution in [-0.4, -0.2) is 37.7 Å². The lowest BCUT2D eigenvalue weighted by atomic mass is 9.80. The van der Waals surface area contributed by atoms with E-state index >= 15 is 0 Å². The summed E-state index contributed by atoms with van der Waals surface area (Å²) in [4.78, 5) is 11.5. The van der Waals surface area contributed by atoms with E-state index in [1.54, 1.807) is 0 Å². The zero-order valence-electron chi connectivity index (χ0n) is 13.5. The van der Waals surface area contributed by atoms with E-state index in [0.29, 0.717) is 5.92 Å². The monoisotopic (exact) mass is 301 g/mol. The van der Waals surface area contributed by atoms with Crippen molar-refractivity contribution in [2.75, 3.05) is 13.1 Å². The van der Waals surface area contributed by atoms with Crippen LogP contribution in [0.5, 0.6) is 0 Å². The van der Waals surface area contributed by atoms with E-state index in [2.05, 4.69) is 31.6 Å². The largest absolute Gasteiger partial charge is 0.339 e. The van der Waals surface area contributed by atoms with Gasteiger partial charge in [0.15, 0.2) is 5.82 Å². The third-order valence-corrected chi connectivity index (χ3v) is 5.60. The minimum atomic E-state index is 0.0783. The molecule has 0 spiro atoms. The maximum absolute atomic E-state index is 5.57. The van der Waals surface area contributed by atoms with Gasteiger partial charge in [0.25, 0.3) is 0 Å². The highest BCUT2D eigenvalue weighted by Gasteiger charge is 2.54. The minimum Gasteiger partial charge on any atom is -0.339 e. The first-order chi connectivity index (χ1) is 10.6. The summed E-state index contributed by atoms with van der Waals surface area (Å²) in [6.45, 7) is 7.03. The molecular formula is C16H23N5O. The maximum atomic E-state index is 5.57. The van der Waals surface area contributed by atoms with Crippen molar-refractivity contribution in [1.82, 2.24) is 24.6 Å². The second-order valence-electron chi connectivity index (χ2n) is 6.92. The Morgan fingerprint density at radius 3 is 2.95 bits per heavy atom.